The summed E-state index contributed by atoms with van der Waals surface area (Å²) in [5.41, 5.74) is 4.64. The predicted molar refractivity (Wildman–Crippen MR) is 66.0 cm³/mol. The summed E-state index contributed by atoms with van der Waals surface area (Å²) in [6.45, 7) is 3.32. The number of nitrogens with two attached hydrogens (primary N) is 1. The Morgan fingerprint density at radius 1 is 1.44 bits per heavy atom. The molecule has 1 fully saturated rings. The first-order chi connectivity index (χ1) is 8.34. The van der Waals surface area contributed by atoms with Crippen LogP contribution in [0.25, 0.3) is 0 Å². The highest BCUT2D eigenvalue weighted by Gasteiger charge is 2.42. The van der Waals surface area contributed by atoms with Crippen molar-refractivity contribution in [2.24, 2.45) is 0 Å². The average molecular weight is 270 g/mol. The zero-order chi connectivity index (χ0) is 13.5. The summed E-state index contributed by atoms with van der Waals surface area (Å²) in [4.78, 5) is 32.5. The molecule has 1 aromatic rings. The van der Waals surface area contributed by atoms with Crippen LogP contribution in [-0.4, -0.2) is 33.9 Å². The number of carbonyl (C=O) groups excluding carboxylic acids is 2. The van der Waals surface area contributed by atoms with Crippen LogP contribution in [0.5, 0.6) is 0 Å². The van der Waals surface area contributed by atoms with Gasteiger partial charge in [-0.2, -0.15) is 0 Å². The Balaban J connectivity index is 2.51. The Bertz CT molecular complexity index is 531. The zero-order valence-electron chi connectivity index (χ0n) is 9.90. The van der Waals surface area contributed by atoms with Gasteiger partial charge in [0.25, 0.3) is 5.91 Å². The smallest absolute Gasteiger partial charge is 0.251 e. The van der Waals surface area contributed by atoms with Gasteiger partial charge in [-0.3, -0.25) is 14.9 Å². The Hall–Kier alpha value is -1.89. The Labute approximate surface area is 108 Å². The van der Waals surface area contributed by atoms with Crippen LogP contribution < -0.4 is 16.0 Å². The second-order valence-electron chi connectivity index (χ2n) is 4.42. The molecule has 7 nitrogen and oxygen atoms in total. The fourth-order valence-corrected chi connectivity index (χ4v) is 1.88. The van der Waals surface area contributed by atoms with Crippen LogP contribution in [0.4, 0.5) is 11.6 Å². The third kappa shape index (κ3) is 1.86. The number of nitrogen functional groups attached to an aromatic ring is 1. The number of piperazine rings is 1. The first-order valence-electron chi connectivity index (χ1n) is 5.22. The number of imide groups is 1. The number of nitrogens with one attached hydrogen (secondary N) is 1. The molecule has 0 aliphatic carbocycles. The maximum absolute atomic E-state index is 11.8. The maximum Gasteiger partial charge on any atom is 0.251 e. The monoisotopic (exact) mass is 269 g/mol. The molecule has 2 heterocycles. The van der Waals surface area contributed by atoms with Crippen molar-refractivity contribution in [1.82, 2.24) is 15.3 Å². The molecule has 8 heteroatoms. The second kappa shape index (κ2) is 4.09. The molecule has 2 amide bonds. The van der Waals surface area contributed by atoms with Crippen LogP contribution >= 0.6 is 11.6 Å². The van der Waals surface area contributed by atoms with Gasteiger partial charge in [-0.1, -0.05) is 11.6 Å². The molecule has 1 aromatic heterocycles. The van der Waals surface area contributed by atoms with Crippen LogP contribution in [0.1, 0.15) is 13.8 Å². The molecule has 0 spiro atoms. The summed E-state index contributed by atoms with van der Waals surface area (Å²) in [6.07, 6.45) is 1.24. The number of nitrogens with zero attached hydrogens (tertiary/aromatic N) is 3. The van der Waals surface area contributed by atoms with E-state index < -0.39 is 17.4 Å². The first kappa shape index (κ1) is 12.6. The lowest BCUT2D eigenvalue weighted by molar-refractivity contribution is -0.135. The minimum absolute atomic E-state index is 0.0189. The van der Waals surface area contributed by atoms with Gasteiger partial charge >= 0.3 is 0 Å². The molecular weight excluding hydrogens is 258 g/mol. The normalized spacial score (nSPS) is 18.7. The highest BCUT2D eigenvalue weighted by Crippen LogP contribution is 2.32. The molecule has 2 rings (SSSR count). The third-order valence-electron chi connectivity index (χ3n) is 2.84. The first-order valence-corrected chi connectivity index (χ1v) is 5.59. The van der Waals surface area contributed by atoms with Crippen molar-refractivity contribution in [3.8, 4) is 0 Å². The van der Waals surface area contributed by atoms with Crippen LogP contribution in [-0.2, 0) is 9.59 Å². The zero-order valence-corrected chi connectivity index (χ0v) is 10.7. The van der Waals surface area contributed by atoms with E-state index in [1.54, 1.807) is 13.8 Å². The Morgan fingerprint density at radius 3 is 2.78 bits per heavy atom. The molecule has 0 aromatic carbocycles. The molecule has 1 aliphatic heterocycles. The van der Waals surface area contributed by atoms with E-state index in [9.17, 15) is 9.59 Å². The molecule has 0 radical (unpaired) electrons. The van der Waals surface area contributed by atoms with E-state index in [4.69, 9.17) is 17.3 Å². The third-order valence-corrected chi connectivity index (χ3v) is 3.20. The number of carbonyl (C=O) groups is 2. The van der Waals surface area contributed by atoms with Crippen LogP contribution in [0.3, 0.4) is 0 Å². The van der Waals surface area contributed by atoms with Crippen molar-refractivity contribution >= 4 is 35.1 Å². The van der Waals surface area contributed by atoms with Crippen molar-refractivity contribution in [1.29, 1.82) is 0 Å². The van der Waals surface area contributed by atoms with E-state index in [-0.39, 0.29) is 23.2 Å². The second-order valence-corrected chi connectivity index (χ2v) is 4.80. The van der Waals surface area contributed by atoms with Crippen LogP contribution in [0.15, 0.2) is 6.33 Å². The summed E-state index contributed by atoms with van der Waals surface area (Å²) in [5, 5.41) is 2.40. The number of aromatic nitrogens is 2. The molecule has 3 N–H and O–H groups in total. The Kier molecular flexibility index (Phi) is 2.86. The number of hydrogen-bond acceptors (Lipinski definition) is 6. The molecule has 1 saturated heterocycles. The van der Waals surface area contributed by atoms with Gasteiger partial charge in [0.05, 0.1) is 6.54 Å². The fourth-order valence-electron chi connectivity index (χ4n) is 1.68. The molecule has 1 aliphatic rings. The van der Waals surface area contributed by atoms with Gasteiger partial charge in [-0.15, -0.1) is 0 Å². The topological polar surface area (TPSA) is 101 Å². The van der Waals surface area contributed by atoms with Crippen molar-refractivity contribution in [2.45, 2.75) is 19.4 Å². The molecule has 0 unspecified atom stereocenters. The van der Waals surface area contributed by atoms with Crippen molar-refractivity contribution < 1.29 is 9.59 Å². The van der Waals surface area contributed by atoms with Gasteiger partial charge in [0.2, 0.25) is 5.91 Å². The largest absolute Gasteiger partial charge is 0.382 e. The molecule has 0 bridgehead atoms. The highest BCUT2D eigenvalue weighted by molar-refractivity contribution is 6.35. The van der Waals surface area contributed by atoms with Gasteiger partial charge in [-0.25, -0.2) is 9.97 Å². The molecular formula is C10H12ClN5O2. The average Bonchev–Trinajstić information content (AvgIpc) is 2.28. The minimum atomic E-state index is -0.946. The summed E-state index contributed by atoms with van der Waals surface area (Å²) < 4.78 is 0. The van der Waals surface area contributed by atoms with Gasteiger partial charge < -0.3 is 10.6 Å². The highest BCUT2D eigenvalue weighted by atomic mass is 35.5. The van der Waals surface area contributed by atoms with E-state index in [0.29, 0.717) is 0 Å². The summed E-state index contributed by atoms with van der Waals surface area (Å²) in [7, 11) is 0. The molecule has 0 atom stereocenters. The van der Waals surface area contributed by atoms with Crippen molar-refractivity contribution in [3.05, 3.63) is 11.3 Å². The number of amides is 2. The van der Waals surface area contributed by atoms with E-state index in [2.05, 4.69) is 15.3 Å². The van der Waals surface area contributed by atoms with E-state index in [1.807, 2.05) is 0 Å². The van der Waals surface area contributed by atoms with E-state index in [0.717, 1.165) is 0 Å². The minimum Gasteiger partial charge on any atom is -0.382 e. The molecule has 0 saturated carbocycles. The summed E-state index contributed by atoms with van der Waals surface area (Å²) in [6, 6.07) is 0. The van der Waals surface area contributed by atoms with Crippen molar-refractivity contribution in [3.63, 3.8) is 0 Å². The number of halogens is 1. The van der Waals surface area contributed by atoms with E-state index in [1.165, 1.54) is 11.2 Å². The predicted octanol–water partition coefficient (Wildman–Crippen LogP) is -0.0464. The maximum atomic E-state index is 11.8. The molecule has 18 heavy (non-hydrogen) atoms. The lowest BCUT2D eigenvalue weighted by Crippen LogP contribution is -2.64. The molecule has 96 valence electrons. The quantitative estimate of drug-likeness (QED) is 0.694. The number of hydrogen-bond donors (Lipinski definition) is 2. The number of rotatable bonds is 1. The lowest BCUT2D eigenvalue weighted by atomic mass is 9.99. The van der Waals surface area contributed by atoms with Gasteiger partial charge in [0.15, 0.2) is 5.82 Å². The van der Waals surface area contributed by atoms with Gasteiger partial charge in [-0.05, 0) is 13.8 Å². The van der Waals surface area contributed by atoms with Gasteiger partial charge in [0.1, 0.15) is 22.7 Å². The van der Waals surface area contributed by atoms with Gasteiger partial charge in [0, 0.05) is 0 Å². The number of anilines is 2. The summed E-state index contributed by atoms with van der Waals surface area (Å²) >= 11 is 6.01. The van der Waals surface area contributed by atoms with Crippen molar-refractivity contribution in [2.75, 3.05) is 17.2 Å². The SMILES string of the molecule is CC1(C)C(=O)NC(=O)CN1c1ncnc(N)c1Cl. The standard InChI is InChI=1S/C10H12ClN5O2/c1-10(2)9(18)15-5(17)3-16(10)8-6(11)7(12)13-4-14-8/h4H,3H2,1-2H3,(H2,12,13,14)(H,15,17,18). The fraction of sp³-hybridized carbons (Fsp3) is 0.400. The van der Waals surface area contributed by atoms with E-state index >= 15 is 0 Å². The lowest BCUT2D eigenvalue weighted by Gasteiger charge is -2.41. The summed E-state index contributed by atoms with van der Waals surface area (Å²) in [5.74, 6) is -0.437. The Morgan fingerprint density at radius 2 is 2.11 bits per heavy atom. The van der Waals surface area contributed by atoms with Crippen LogP contribution in [0.2, 0.25) is 5.02 Å². The van der Waals surface area contributed by atoms with Crippen LogP contribution in [0, 0.1) is 0 Å².